The van der Waals surface area contributed by atoms with E-state index in [2.05, 4.69) is 32.9 Å². The van der Waals surface area contributed by atoms with Crippen molar-refractivity contribution in [1.29, 1.82) is 0 Å². The van der Waals surface area contributed by atoms with Crippen LogP contribution in [0, 0.1) is 5.92 Å². The summed E-state index contributed by atoms with van der Waals surface area (Å²) in [5.41, 5.74) is 0.670. The standard InChI is InChI=1S/C35H41F3O6/c1-22(2)11-10-12-23(3)15-28-16-24(4)19-33(43-28)20-26(21-39)29-18-30(25(5)17-31(29)44-33)42-32(40)34(41-6,35(36,37)38)27-13-8-7-9-14-27/h7-9,11,13-15,17,19-21,28-31H,10,12,16,18H2,1-6H3/b23-15+/t28-,29-,30-,31-,33+,34-/m1/s1. The molecule has 1 aromatic carbocycles. The smallest absolute Gasteiger partial charge is 0.432 e. The maximum Gasteiger partial charge on any atom is 0.432 e. The lowest BCUT2D eigenvalue weighted by molar-refractivity contribution is -0.278. The van der Waals surface area contributed by atoms with Crippen molar-refractivity contribution < 1.29 is 41.7 Å². The Morgan fingerprint density at radius 3 is 2.41 bits per heavy atom. The molecule has 9 heteroatoms. The third kappa shape index (κ3) is 7.00. The van der Waals surface area contributed by atoms with Crippen molar-refractivity contribution in [1.82, 2.24) is 0 Å². The summed E-state index contributed by atoms with van der Waals surface area (Å²) >= 11 is 0. The number of ether oxygens (including phenoxy) is 4. The molecule has 238 valence electrons. The summed E-state index contributed by atoms with van der Waals surface area (Å²) in [6, 6.07) is 6.68. The fourth-order valence-corrected chi connectivity index (χ4v) is 6.17. The molecule has 0 radical (unpaired) electrons. The van der Waals surface area contributed by atoms with Gasteiger partial charge in [-0.25, -0.2) is 4.79 Å². The Morgan fingerprint density at radius 2 is 1.80 bits per heavy atom. The third-order valence-corrected chi connectivity index (χ3v) is 8.34. The highest BCUT2D eigenvalue weighted by molar-refractivity contribution is 5.83. The highest BCUT2D eigenvalue weighted by Crippen LogP contribution is 2.46. The number of alkyl halides is 3. The Morgan fingerprint density at radius 1 is 1.09 bits per heavy atom. The zero-order valence-corrected chi connectivity index (χ0v) is 26.1. The lowest BCUT2D eigenvalue weighted by Crippen LogP contribution is -2.53. The van der Waals surface area contributed by atoms with Gasteiger partial charge >= 0.3 is 12.1 Å². The number of aldehydes is 1. The molecule has 1 aromatic rings. The number of rotatable bonds is 9. The number of hydrogen-bond acceptors (Lipinski definition) is 6. The fraction of sp³-hybridized carbons (Fsp3) is 0.486. The third-order valence-electron chi connectivity index (χ3n) is 8.34. The van der Waals surface area contributed by atoms with Crippen LogP contribution in [0.3, 0.4) is 0 Å². The minimum Gasteiger partial charge on any atom is -0.455 e. The van der Waals surface area contributed by atoms with Crippen LogP contribution >= 0.6 is 0 Å². The van der Waals surface area contributed by atoms with E-state index >= 15 is 0 Å². The Balaban J connectivity index is 1.58. The van der Waals surface area contributed by atoms with Crippen LogP contribution in [0.15, 0.2) is 88.6 Å². The number of fused-ring (bicyclic) bond motifs is 1. The molecule has 0 saturated carbocycles. The molecule has 0 unspecified atom stereocenters. The molecule has 2 heterocycles. The molecule has 0 fully saturated rings. The quantitative estimate of drug-likeness (QED) is 0.162. The average molecular weight is 615 g/mol. The van der Waals surface area contributed by atoms with Gasteiger partial charge in [0.2, 0.25) is 5.79 Å². The van der Waals surface area contributed by atoms with Crippen LogP contribution in [0.4, 0.5) is 13.2 Å². The predicted octanol–water partition coefficient (Wildman–Crippen LogP) is 7.62. The highest BCUT2D eigenvalue weighted by atomic mass is 19.4. The van der Waals surface area contributed by atoms with Crippen LogP contribution < -0.4 is 0 Å². The first-order valence-electron chi connectivity index (χ1n) is 14.8. The number of methoxy groups -OCH3 is 1. The number of hydrogen-bond donors (Lipinski definition) is 0. The van der Waals surface area contributed by atoms with Gasteiger partial charge in [0.25, 0.3) is 5.60 Å². The van der Waals surface area contributed by atoms with Gasteiger partial charge in [0, 0.05) is 18.6 Å². The van der Waals surface area contributed by atoms with Crippen LogP contribution in [0.2, 0.25) is 0 Å². The van der Waals surface area contributed by atoms with Gasteiger partial charge in [-0.05, 0) is 83.6 Å². The number of carbonyl (C=O) groups excluding carboxylic acids is 2. The van der Waals surface area contributed by atoms with Gasteiger partial charge in [-0.2, -0.15) is 13.2 Å². The molecule has 3 aliphatic rings. The van der Waals surface area contributed by atoms with Crippen molar-refractivity contribution in [3.63, 3.8) is 0 Å². The van der Waals surface area contributed by atoms with Crippen LogP contribution in [-0.2, 0) is 34.1 Å². The Hall–Kier alpha value is -3.27. The first-order chi connectivity index (χ1) is 20.7. The number of halogens is 3. The summed E-state index contributed by atoms with van der Waals surface area (Å²) in [6.07, 6.45) is 5.74. The van der Waals surface area contributed by atoms with Crippen LogP contribution in [0.1, 0.15) is 65.9 Å². The first-order valence-corrected chi connectivity index (χ1v) is 14.8. The topological polar surface area (TPSA) is 71.1 Å². The normalized spacial score (nSPS) is 28.6. The van der Waals surface area contributed by atoms with Crippen LogP contribution in [0.5, 0.6) is 0 Å². The predicted molar refractivity (Wildman–Crippen MR) is 160 cm³/mol. The van der Waals surface area contributed by atoms with Gasteiger partial charge in [-0.1, -0.05) is 65.3 Å². The van der Waals surface area contributed by atoms with Gasteiger partial charge in [0.05, 0.1) is 12.2 Å². The molecule has 0 N–H and O–H groups in total. The number of esters is 1. The molecule has 1 aliphatic carbocycles. The molecular formula is C35H41F3O6. The number of carbonyl (C=O) groups is 2. The Labute approximate surface area is 257 Å². The van der Waals surface area contributed by atoms with Gasteiger partial charge in [0.1, 0.15) is 12.4 Å². The van der Waals surface area contributed by atoms with Gasteiger partial charge < -0.3 is 18.9 Å². The lowest BCUT2D eigenvalue weighted by atomic mass is 9.78. The van der Waals surface area contributed by atoms with E-state index in [0.29, 0.717) is 23.9 Å². The van der Waals surface area contributed by atoms with E-state index < -0.39 is 41.7 Å². The van der Waals surface area contributed by atoms with Gasteiger partial charge in [-0.3, -0.25) is 4.79 Å². The maximum atomic E-state index is 14.4. The molecule has 0 aromatic heterocycles. The first kappa shape index (κ1) is 33.6. The number of benzene rings is 1. The SMILES string of the molecule is CO[C@@](C(=O)O[C@@H]1C[C@@H]2C(C=O)=C[C@]3(C=C(C)C[C@@H](/C=C(\C)CCC=C(C)C)O3)O[C@@H]2C=C1C)(c1ccccc1)C(F)(F)F. The van der Waals surface area contributed by atoms with E-state index in [1.165, 1.54) is 35.4 Å². The van der Waals surface area contributed by atoms with E-state index in [4.69, 9.17) is 18.9 Å². The molecule has 0 bridgehead atoms. The van der Waals surface area contributed by atoms with Crippen LogP contribution in [0.25, 0.3) is 0 Å². The second-order valence-corrected chi connectivity index (χ2v) is 12.1. The van der Waals surface area contributed by atoms with Crippen molar-refractivity contribution in [3.8, 4) is 0 Å². The lowest BCUT2D eigenvalue weighted by Gasteiger charge is -2.46. The fourth-order valence-electron chi connectivity index (χ4n) is 6.17. The summed E-state index contributed by atoms with van der Waals surface area (Å²) in [5, 5.41) is 0. The van der Waals surface area contributed by atoms with E-state index in [1.54, 1.807) is 25.1 Å². The molecule has 6 nitrogen and oxygen atoms in total. The summed E-state index contributed by atoms with van der Waals surface area (Å²) in [6.45, 7) is 9.85. The van der Waals surface area contributed by atoms with E-state index in [9.17, 15) is 22.8 Å². The summed E-state index contributed by atoms with van der Waals surface area (Å²) in [7, 11) is 0.829. The minimum absolute atomic E-state index is 0.0569. The molecule has 0 saturated heterocycles. The second kappa shape index (κ2) is 13.4. The molecule has 6 atom stereocenters. The highest BCUT2D eigenvalue weighted by Gasteiger charge is 2.64. The molecule has 0 amide bonds. The molecule has 2 aliphatic heterocycles. The van der Waals surface area contributed by atoms with E-state index in [0.717, 1.165) is 25.5 Å². The largest absolute Gasteiger partial charge is 0.455 e. The average Bonchev–Trinajstić information content (AvgIpc) is 2.93. The van der Waals surface area contributed by atoms with Crippen molar-refractivity contribution in [2.24, 2.45) is 5.92 Å². The summed E-state index contributed by atoms with van der Waals surface area (Å²) in [5.74, 6) is -3.42. The molecule has 44 heavy (non-hydrogen) atoms. The maximum absolute atomic E-state index is 14.4. The van der Waals surface area contributed by atoms with Crippen molar-refractivity contribution in [2.45, 2.75) is 96.2 Å². The molecule has 1 spiro atoms. The number of allylic oxidation sites excluding steroid dienone is 3. The van der Waals surface area contributed by atoms with Crippen molar-refractivity contribution >= 4 is 12.3 Å². The monoisotopic (exact) mass is 614 g/mol. The zero-order valence-electron chi connectivity index (χ0n) is 26.1. The minimum atomic E-state index is -5.10. The summed E-state index contributed by atoms with van der Waals surface area (Å²) in [4.78, 5) is 25.7. The van der Waals surface area contributed by atoms with E-state index in [1.807, 2.05) is 13.0 Å². The van der Waals surface area contributed by atoms with E-state index in [-0.39, 0.29) is 18.1 Å². The zero-order chi connectivity index (χ0) is 32.3. The van der Waals surface area contributed by atoms with Crippen molar-refractivity contribution in [3.05, 3.63) is 94.1 Å². The van der Waals surface area contributed by atoms with Crippen molar-refractivity contribution in [2.75, 3.05) is 7.11 Å². The second-order valence-electron chi connectivity index (χ2n) is 12.1. The van der Waals surface area contributed by atoms with Gasteiger partial charge in [0.15, 0.2) is 0 Å². The molecular weight excluding hydrogens is 573 g/mol. The van der Waals surface area contributed by atoms with Gasteiger partial charge in [-0.15, -0.1) is 0 Å². The Kier molecular flexibility index (Phi) is 10.2. The molecule has 4 rings (SSSR count). The summed E-state index contributed by atoms with van der Waals surface area (Å²) < 4.78 is 66.7. The van der Waals surface area contributed by atoms with Crippen LogP contribution in [-0.4, -0.2) is 49.6 Å². The Bertz CT molecular complexity index is 1380.